The van der Waals surface area contributed by atoms with Gasteiger partial charge in [-0.15, -0.1) is 0 Å². The smallest absolute Gasteiger partial charge is 0.307 e. The fourth-order valence-corrected chi connectivity index (χ4v) is 6.61. The summed E-state index contributed by atoms with van der Waals surface area (Å²) in [6.07, 6.45) is 1.77. The van der Waals surface area contributed by atoms with Gasteiger partial charge in [0.1, 0.15) is 6.17 Å². The summed E-state index contributed by atoms with van der Waals surface area (Å²) in [7, 11) is 0. The number of halogens is 2. The van der Waals surface area contributed by atoms with Crippen molar-refractivity contribution in [2.45, 2.75) is 57.5 Å². The molecule has 2 N–H and O–H groups in total. The fraction of sp³-hybridized carbons (Fsp3) is 0.700. The highest BCUT2D eigenvalue weighted by Gasteiger charge is 2.72. The molecule has 142 valence electrons. The minimum Gasteiger partial charge on any atom is -0.481 e. The summed E-state index contributed by atoms with van der Waals surface area (Å²) in [6, 6.07) is 0. The molecule has 4 rings (SSSR count). The second-order valence-electron chi connectivity index (χ2n) is 8.92. The molecule has 3 saturated carbocycles. The third-order valence-electron chi connectivity index (χ3n) is 7.92. The molecule has 3 fully saturated rings. The number of carboxylic acid groups (broad SMARTS) is 1. The first-order chi connectivity index (χ1) is 12.1. The summed E-state index contributed by atoms with van der Waals surface area (Å²) < 4.78 is 31.6. The summed E-state index contributed by atoms with van der Waals surface area (Å²) >= 11 is 0. The van der Waals surface area contributed by atoms with Crippen LogP contribution in [-0.4, -0.2) is 39.9 Å². The molecule has 0 heterocycles. The first-order valence-electron chi connectivity index (χ1n) is 9.25. The topological polar surface area (TPSA) is 74.6 Å². The summed E-state index contributed by atoms with van der Waals surface area (Å²) in [5.41, 5.74) is -4.17. The number of ketones is 1. The number of fused-ring (bicyclic) bond motifs is 5. The van der Waals surface area contributed by atoms with Gasteiger partial charge < -0.3 is 10.2 Å². The molecule has 0 aliphatic heterocycles. The van der Waals surface area contributed by atoms with Crippen LogP contribution in [0.4, 0.5) is 8.78 Å². The molecule has 0 unspecified atom stereocenters. The number of hydrogen-bond donors (Lipinski definition) is 2. The summed E-state index contributed by atoms with van der Waals surface area (Å²) in [5, 5.41) is 20.5. The lowest BCUT2D eigenvalue weighted by Gasteiger charge is -2.62. The normalized spacial score (nSPS) is 52.7. The van der Waals surface area contributed by atoms with Gasteiger partial charge in [0.15, 0.2) is 11.5 Å². The average molecular weight is 366 g/mol. The standard InChI is InChI=1S/C20H24F2O4/c1-18-9-16(24)20(22)13(11(18)3-4-12(18)17(25)26)8-15(21)14-7-10(23)5-6-19(14,20)2/h5-7,11-13,15-16,24H,3-4,8-9H2,1-2H3,(H,25,26)/t11-,12+,13-,15-,16-,18-,19-,20-/m0/s1. The van der Waals surface area contributed by atoms with Gasteiger partial charge in [0.05, 0.1) is 12.0 Å². The number of hydrogen-bond acceptors (Lipinski definition) is 3. The van der Waals surface area contributed by atoms with Crippen molar-refractivity contribution in [2.24, 2.45) is 28.6 Å². The SMILES string of the molecule is C[C@]12C[C@H](O)[C@@]3(F)[C@@H](C[C@H](F)C4=CC(=O)C=C[C@@]43C)[C@@H]1CC[C@@H]2C(=O)O. The van der Waals surface area contributed by atoms with E-state index in [9.17, 15) is 19.8 Å². The van der Waals surface area contributed by atoms with Crippen LogP contribution >= 0.6 is 0 Å². The van der Waals surface area contributed by atoms with Gasteiger partial charge in [0.2, 0.25) is 0 Å². The van der Waals surface area contributed by atoms with Crippen molar-refractivity contribution < 1.29 is 28.6 Å². The molecule has 0 aromatic carbocycles. The molecule has 0 aromatic rings. The van der Waals surface area contributed by atoms with Crippen molar-refractivity contribution in [3.8, 4) is 0 Å². The third kappa shape index (κ3) is 1.91. The van der Waals surface area contributed by atoms with Crippen LogP contribution in [0, 0.1) is 28.6 Å². The Morgan fingerprint density at radius 2 is 1.96 bits per heavy atom. The molecule has 0 radical (unpaired) electrons. The zero-order valence-electron chi connectivity index (χ0n) is 14.9. The van der Waals surface area contributed by atoms with Crippen LogP contribution in [0.3, 0.4) is 0 Å². The zero-order valence-corrected chi connectivity index (χ0v) is 14.9. The Labute approximate surface area is 151 Å². The quantitative estimate of drug-likeness (QED) is 0.748. The van der Waals surface area contributed by atoms with E-state index < -0.39 is 46.6 Å². The van der Waals surface area contributed by atoms with Crippen molar-refractivity contribution in [2.75, 3.05) is 0 Å². The average Bonchev–Trinajstić information content (AvgIpc) is 2.89. The lowest BCUT2D eigenvalue weighted by molar-refractivity contribution is -0.204. The van der Waals surface area contributed by atoms with Crippen LogP contribution < -0.4 is 0 Å². The zero-order chi connectivity index (χ0) is 19.1. The van der Waals surface area contributed by atoms with Gasteiger partial charge in [-0.25, -0.2) is 8.78 Å². The van der Waals surface area contributed by atoms with Crippen molar-refractivity contribution >= 4 is 11.8 Å². The van der Waals surface area contributed by atoms with Crippen LogP contribution in [0.5, 0.6) is 0 Å². The van der Waals surface area contributed by atoms with Gasteiger partial charge in [0, 0.05) is 11.3 Å². The lowest BCUT2D eigenvalue weighted by atomic mass is 9.45. The highest BCUT2D eigenvalue weighted by atomic mass is 19.1. The molecule has 0 bridgehead atoms. The van der Waals surface area contributed by atoms with Gasteiger partial charge >= 0.3 is 5.97 Å². The predicted molar refractivity (Wildman–Crippen MR) is 89.8 cm³/mol. The second kappa shape index (κ2) is 5.24. The van der Waals surface area contributed by atoms with Gasteiger partial charge in [-0.2, -0.15) is 0 Å². The number of allylic oxidation sites excluding steroid dienone is 4. The van der Waals surface area contributed by atoms with E-state index in [1.165, 1.54) is 12.2 Å². The monoisotopic (exact) mass is 366 g/mol. The first-order valence-corrected chi connectivity index (χ1v) is 9.25. The van der Waals surface area contributed by atoms with E-state index >= 15 is 8.78 Å². The second-order valence-corrected chi connectivity index (χ2v) is 8.92. The molecule has 0 aromatic heterocycles. The maximum atomic E-state index is 16.6. The number of alkyl halides is 2. The number of aliphatic hydroxyl groups excluding tert-OH is 1. The van der Waals surface area contributed by atoms with Crippen molar-refractivity contribution in [3.05, 3.63) is 23.8 Å². The maximum absolute atomic E-state index is 16.6. The molecule has 26 heavy (non-hydrogen) atoms. The van der Waals surface area contributed by atoms with Crippen molar-refractivity contribution in [1.29, 1.82) is 0 Å². The maximum Gasteiger partial charge on any atom is 0.307 e. The molecule has 4 aliphatic rings. The van der Waals surface area contributed by atoms with Crippen LogP contribution in [0.15, 0.2) is 23.8 Å². The molecular weight excluding hydrogens is 342 g/mol. The first kappa shape index (κ1) is 17.8. The van der Waals surface area contributed by atoms with Crippen molar-refractivity contribution in [1.82, 2.24) is 0 Å². The highest BCUT2D eigenvalue weighted by molar-refractivity contribution is 6.01. The van der Waals surface area contributed by atoms with Crippen molar-refractivity contribution in [3.63, 3.8) is 0 Å². The Morgan fingerprint density at radius 3 is 2.62 bits per heavy atom. The van der Waals surface area contributed by atoms with E-state index in [0.29, 0.717) is 12.8 Å². The molecular formula is C20H24F2O4. The summed E-state index contributed by atoms with van der Waals surface area (Å²) in [6.45, 7) is 3.35. The Morgan fingerprint density at radius 1 is 1.27 bits per heavy atom. The molecule has 0 saturated heterocycles. The Bertz CT molecular complexity index is 746. The number of carboxylic acids is 1. The van der Waals surface area contributed by atoms with Crippen LogP contribution in [0.2, 0.25) is 0 Å². The number of aliphatic hydroxyl groups is 1. The largest absolute Gasteiger partial charge is 0.481 e. The minimum absolute atomic E-state index is 0.0310. The van der Waals surface area contributed by atoms with Gasteiger partial charge in [0.25, 0.3) is 0 Å². The van der Waals surface area contributed by atoms with Gasteiger partial charge in [-0.1, -0.05) is 13.0 Å². The van der Waals surface area contributed by atoms with Crippen LogP contribution in [-0.2, 0) is 9.59 Å². The van der Waals surface area contributed by atoms with Gasteiger partial charge in [-0.3, -0.25) is 9.59 Å². The number of carbonyl (C=O) groups is 2. The summed E-state index contributed by atoms with van der Waals surface area (Å²) in [5.74, 6) is -3.05. The molecule has 0 spiro atoms. The molecule has 8 atom stereocenters. The lowest BCUT2D eigenvalue weighted by Crippen LogP contribution is -2.68. The van der Waals surface area contributed by atoms with E-state index in [4.69, 9.17) is 0 Å². The Hall–Kier alpha value is -1.56. The fourth-order valence-electron chi connectivity index (χ4n) is 6.61. The van der Waals surface area contributed by atoms with Gasteiger partial charge in [-0.05, 0) is 61.7 Å². The number of aliphatic carboxylic acids is 1. The van der Waals surface area contributed by atoms with Crippen LogP contribution in [0.25, 0.3) is 0 Å². The minimum atomic E-state index is -2.11. The highest BCUT2D eigenvalue weighted by Crippen LogP contribution is 2.69. The third-order valence-corrected chi connectivity index (χ3v) is 7.92. The molecule has 0 amide bonds. The van der Waals surface area contributed by atoms with E-state index in [1.807, 2.05) is 0 Å². The molecule has 6 heteroatoms. The van der Waals surface area contributed by atoms with E-state index in [2.05, 4.69) is 0 Å². The van der Waals surface area contributed by atoms with Crippen LogP contribution in [0.1, 0.15) is 39.5 Å². The molecule has 4 nitrogen and oxygen atoms in total. The Kier molecular flexibility index (Phi) is 3.60. The van der Waals surface area contributed by atoms with E-state index in [0.717, 1.165) is 6.08 Å². The molecule has 4 aliphatic carbocycles. The predicted octanol–water partition coefficient (Wildman–Crippen LogP) is 3.01. The van der Waals surface area contributed by atoms with E-state index in [1.54, 1.807) is 13.8 Å². The number of carbonyl (C=O) groups excluding carboxylic acids is 1. The van der Waals surface area contributed by atoms with E-state index in [-0.39, 0.29) is 30.1 Å². The summed E-state index contributed by atoms with van der Waals surface area (Å²) in [4.78, 5) is 23.4. The number of rotatable bonds is 1. The Balaban J connectivity index is 1.84.